The predicted octanol–water partition coefficient (Wildman–Crippen LogP) is 3.25. The summed E-state index contributed by atoms with van der Waals surface area (Å²) in [6, 6.07) is 3.42. The van der Waals surface area contributed by atoms with Gasteiger partial charge in [0.1, 0.15) is 5.82 Å². The number of hydrogen-bond acceptors (Lipinski definition) is 3. The molecule has 0 spiro atoms. The van der Waals surface area contributed by atoms with Crippen LogP contribution in [0.15, 0.2) is 18.3 Å². The molecule has 1 fully saturated rings. The van der Waals surface area contributed by atoms with Gasteiger partial charge in [-0.15, -0.1) is 5.10 Å². The second kappa shape index (κ2) is 4.47. The van der Waals surface area contributed by atoms with E-state index in [-0.39, 0.29) is 11.2 Å². The van der Waals surface area contributed by atoms with Gasteiger partial charge in [0, 0.05) is 6.04 Å². The zero-order chi connectivity index (χ0) is 13.5. The Labute approximate surface area is 112 Å². The van der Waals surface area contributed by atoms with Crippen molar-refractivity contribution in [2.45, 2.75) is 45.6 Å². The molecule has 0 aliphatic heterocycles. The number of nitrogens with zero attached hydrogens (tertiary/aromatic N) is 3. The summed E-state index contributed by atoms with van der Waals surface area (Å²) in [6.45, 7) is 4.55. The minimum Gasteiger partial charge on any atom is -0.350 e. The molecule has 1 saturated carbocycles. The second-order valence-corrected chi connectivity index (χ2v) is 6.02. The molecule has 0 radical (unpaired) electrons. The molecule has 4 nitrogen and oxygen atoms in total. The van der Waals surface area contributed by atoms with Crippen molar-refractivity contribution in [1.29, 1.82) is 0 Å². The van der Waals surface area contributed by atoms with Gasteiger partial charge in [-0.25, -0.2) is 8.91 Å². The Hall–Kier alpha value is -1.65. The van der Waals surface area contributed by atoms with Crippen molar-refractivity contribution in [3.63, 3.8) is 0 Å². The molecule has 102 valence electrons. The monoisotopic (exact) mass is 262 g/mol. The molecule has 1 aliphatic carbocycles. The van der Waals surface area contributed by atoms with Gasteiger partial charge >= 0.3 is 0 Å². The standard InChI is InChI=1S/C14H19FN4/c1-14(2)8-4-3-5-11(14)16-13-17-12-7-6-10(15)9-19(12)18-13/h6-7,9,11H,3-5,8H2,1-2H3,(H,16,18). The molecule has 3 rings (SSSR count). The van der Waals surface area contributed by atoms with Crippen molar-refractivity contribution in [2.24, 2.45) is 5.41 Å². The topological polar surface area (TPSA) is 42.2 Å². The lowest BCUT2D eigenvalue weighted by Gasteiger charge is -2.38. The van der Waals surface area contributed by atoms with Crippen LogP contribution in [0.5, 0.6) is 0 Å². The summed E-state index contributed by atoms with van der Waals surface area (Å²) in [5.74, 6) is 0.285. The number of hydrogen-bond donors (Lipinski definition) is 1. The van der Waals surface area contributed by atoms with E-state index in [2.05, 4.69) is 29.2 Å². The summed E-state index contributed by atoms with van der Waals surface area (Å²) >= 11 is 0. The summed E-state index contributed by atoms with van der Waals surface area (Å²) in [4.78, 5) is 4.39. The van der Waals surface area contributed by atoms with Crippen molar-refractivity contribution in [2.75, 3.05) is 5.32 Å². The predicted molar refractivity (Wildman–Crippen MR) is 72.6 cm³/mol. The van der Waals surface area contributed by atoms with E-state index in [0.717, 1.165) is 6.42 Å². The quantitative estimate of drug-likeness (QED) is 0.903. The molecule has 1 unspecified atom stereocenters. The Kier molecular flexibility index (Phi) is 2.92. The van der Waals surface area contributed by atoms with E-state index in [1.807, 2.05) is 0 Å². The number of halogens is 1. The Balaban J connectivity index is 1.84. The van der Waals surface area contributed by atoms with Crippen LogP contribution in [0.2, 0.25) is 0 Å². The Morgan fingerprint density at radius 2 is 2.21 bits per heavy atom. The van der Waals surface area contributed by atoms with Crippen LogP contribution in [-0.4, -0.2) is 20.6 Å². The maximum atomic E-state index is 13.1. The summed E-state index contributed by atoms with van der Waals surface area (Å²) in [7, 11) is 0. The van der Waals surface area contributed by atoms with Gasteiger partial charge in [0.15, 0.2) is 5.65 Å². The SMILES string of the molecule is CC1(C)CCCCC1Nc1nc2ccc(F)cn2n1. The first-order valence-electron chi connectivity index (χ1n) is 6.83. The fraction of sp³-hybridized carbons (Fsp3) is 0.571. The molecule has 1 atom stereocenters. The Morgan fingerprint density at radius 1 is 1.37 bits per heavy atom. The third-order valence-electron chi connectivity index (χ3n) is 4.11. The minimum absolute atomic E-state index is 0.251. The van der Waals surface area contributed by atoms with Gasteiger partial charge in [0.2, 0.25) is 5.95 Å². The van der Waals surface area contributed by atoms with Crippen molar-refractivity contribution in [1.82, 2.24) is 14.6 Å². The van der Waals surface area contributed by atoms with E-state index < -0.39 is 0 Å². The number of fused-ring (bicyclic) bond motifs is 1. The van der Waals surface area contributed by atoms with E-state index in [9.17, 15) is 4.39 Å². The molecule has 0 bridgehead atoms. The van der Waals surface area contributed by atoms with E-state index in [0.29, 0.717) is 17.6 Å². The Bertz CT molecular complexity index is 590. The number of nitrogens with one attached hydrogen (secondary N) is 1. The Morgan fingerprint density at radius 3 is 3.00 bits per heavy atom. The lowest BCUT2D eigenvalue weighted by molar-refractivity contribution is 0.216. The average Bonchev–Trinajstić information content (AvgIpc) is 2.73. The molecule has 1 N–H and O–H groups in total. The largest absolute Gasteiger partial charge is 0.350 e. The van der Waals surface area contributed by atoms with Gasteiger partial charge in [-0.2, -0.15) is 4.98 Å². The van der Waals surface area contributed by atoms with Crippen LogP contribution in [0.25, 0.3) is 5.65 Å². The smallest absolute Gasteiger partial charge is 0.243 e. The normalized spacial score (nSPS) is 22.6. The number of rotatable bonds is 2. The van der Waals surface area contributed by atoms with Gasteiger partial charge in [-0.3, -0.25) is 0 Å². The average molecular weight is 262 g/mol. The lowest BCUT2D eigenvalue weighted by atomic mass is 9.73. The number of aromatic nitrogens is 3. The molecule has 0 aromatic carbocycles. The molecular weight excluding hydrogens is 243 g/mol. The van der Waals surface area contributed by atoms with E-state index in [1.165, 1.54) is 36.0 Å². The fourth-order valence-electron chi connectivity index (χ4n) is 2.84. The molecule has 0 saturated heterocycles. The highest BCUT2D eigenvalue weighted by molar-refractivity contribution is 5.43. The van der Waals surface area contributed by atoms with Crippen molar-refractivity contribution >= 4 is 11.6 Å². The molecule has 1 aliphatic rings. The zero-order valence-electron chi connectivity index (χ0n) is 11.4. The number of anilines is 1. The van der Waals surface area contributed by atoms with Gasteiger partial charge in [-0.1, -0.05) is 26.7 Å². The third kappa shape index (κ3) is 2.41. The molecule has 5 heteroatoms. The molecular formula is C14H19FN4. The second-order valence-electron chi connectivity index (χ2n) is 6.02. The first-order valence-corrected chi connectivity index (χ1v) is 6.83. The molecule has 19 heavy (non-hydrogen) atoms. The summed E-state index contributed by atoms with van der Waals surface area (Å²) in [5.41, 5.74) is 0.915. The first kappa shape index (κ1) is 12.4. The van der Waals surface area contributed by atoms with Crippen LogP contribution in [0.4, 0.5) is 10.3 Å². The third-order valence-corrected chi connectivity index (χ3v) is 4.11. The van der Waals surface area contributed by atoms with Gasteiger partial charge in [0.05, 0.1) is 6.20 Å². The number of pyridine rings is 1. The van der Waals surface area contributed by atoms with Crippen molar-refractivity contribution < 1.29 is 4.39 Å². The van der Waals surface area contributed by atoms with E-state index in [1.54, 1.807) is 6.07 Å². The van der Waals surface area contributed by atoms with Crippen LogP contribution in [0.1, 0.15) is 39.5 Å². The maximum absolute atomic E-state index is 13.1. The van der Waals surface area contributed by atoms with Crippen LogP contribution < -0.4 is 5.32 Å². The maximum Gasteiger partial charge on any atom is 0.243 e. The van der Waals surface area contributed by atoms with Gasteiger partial charge in [0.25, 0.3) is 0 Å². The summed E-state index contributed by atoms with van der Waals surface area (Å²) in [5, 5.41) is 7.70. The lowest BCUT2D eigenvalue weighted by Crippen LogP contribution is -2.39. The van der Waals surface area contributed by atoms with Gasteiger partial charge in [-0.05, 0) is 30.4 Å². The fourth-order valence-corrected chi connectivity index (χ4v) is 2.84. The molecule has 0 amide bonds. The molecule has 2 heterocycles. The summed E-state index contributed by atoms with van der Waals surface area (Å²) in [6.07, 6.45) is 6.22. The highest BCUT2D eigenvalue weighted by atomic mass is 19.1. The molecule has 2 aromatic heterocycles. The zero-order valence-corrected chi connectivity index (χ0v) is 11.4. The summed E-state index contributed by atoms with van der Waals surface area (Å²) < 4.78 is 14.6. The highest BCUT2D eigenvalue weighted by Crippen LogP contribution is 2.36. The van der Waals surface area contributed by atoms with Crippen LogP contribution in [0.3, 0.4) is 0 Å². The van der Waals surface area contributed by atoms with Crippen LogP contribution >= 0.6 is 0 Å². The highest BCUT2D eigenvalue weighted by Gasteiger charge is 2.32. The first-order chi connectivity index (χ1) is 9.04. The van der Waals surface area contributed by atoms with Gasteiger partial charge < -0.3 is 5.32 Å². The van der Waals surface area contributed by atoms with E-state index in [4.69, 9.17) is 0 Å². The minimum atomic E-state index is -0.304. The van der Waals surface area contributed by atoms with Crippen molar-refractivity contribution in [3.05, 3.63) is 24.1 Å². The van der Waals surface area contributed by atoms with Crippen LogP contribution in [0, 0.1) is 11.2 Å². The van der Waals surface area contributed by atoms with E-state index >= 15 is 0 Å². The molecule has 2 aromatic rings. The van der Waals surface area contributed by atoms with Crippen molar-refractivity contribution in [3.8, 4) is 0 Å². The van der Waals surface area contributed by atoms with Crippen LogP contribution in [-0.2, 0) is 0 Å².